The predicted molar refractivity (Wildman–Crippen MR) is 167 cm³/mol. The minimum atomic E-state index is -0.605. The van der Waals surface area contributed by atoms with Crippen LogP contribution in [0, 0.1) is 51.2 Å². The Morgan fingerprint density at radius 2 is 1.60 bits per heavy atom. The van der Waals surface area contributed by atoms with Gasteiger partial charge in [0.2, 0.25) is 0 Å². The van der Waals surface area contributed by atoms with E-state index < -0.39 is 5.54 Å². The number of rotatable bonds is 6. The monoisotopic (exact) mass is 595 g/mol. The molecule has 0 aliphatic heterocycles. The number of hydrogen-bond donors (Lipinski definition) is 1. The summed E-state index contributed by atoms with van der Waals surface area (Å²) in [7, 11) is 0. The van der Waals surface area contributed by atoms with Gasteiger partial charge in [0.25, 0.3) is 0 Å². The Bertz CT molecular complexity index is 1220. The van der Waals surface area contributed by atoms with Gasteiger partial charge in [0, 0.05) is 18.8 Å². The van der Waals surface area contributed by atoms with E-state index >= 15 is 0 Å². The van der Waals surface area contributed by atoms with Gasteiger partial charge in [0.1, 0.15) is 6.10 Å². The van der Waals surface area contributed by atoms with Gasteiger partial charge in [-0.1, -0.05) is 61.3 Å². The molecule has 0 bridgehead atoms. The first kappa shape index (κ1) is 31.1. The number of nitrogens with one attached hydrogen (secondary N) is 1. The SMILES string of the molecule is CC(=O)O[C@H]1CCC2(C)C(CCC3(C)C2CCC2C4=C(C(C)C)C(=O)CC4(NC(=O)OCCC4CC4)CC[C@]23C)C1(C)C. The Morgan fingerprint density at radius 3 is 2.26 bits per heavy atom. The molecule has 43 heavy (non-hydrogen) atoms. The normalized spacial score (nSPS) is 43.3. The highest BCUT2D eigenvalue weighted by molar-refractivity contribution is 6.02. The Labute approximate surface area is 259 Å². The number of ether oxygens (including phenoxy) is 2. The second-order valence-corrected chi connectivity index (χ2v) is 17.2. The zero-order valence-corrected chi connectivity index (χ0v) is 28.2. The van der Waals surface area contributed by atoms with E-state index in [1.807, 2.05) is 0 Å². The second-order valence-electron chi connectivity index (χ2n) is 17.2. The first-order chi connectivity index (χ1) is 20.1. The van der Waals surface area contributed by atoms with Gasteiger partial charge >= 0.3 is 12.1 Å². The lowest BCUT2D eigenvalue weighted by Gasteiger charge is -2.72. The van der Waals surface area contributed by atoms with Crippen molar-refractivity contribution in [3.63, 3.8) is 0 Å². The van der Waals surface area contributed by atoms with E-state index in [0.717, 1.165) is 63.4 Å². The van der Waals surface area contributed by atoms with Crippen molar-refractivity contribution < 1.29 is 23.9 Å². The fraction of sp³-hybridized carbons (Fsp3) is 0.865. The van der Waals surface area contributed by atoms with E-state index in [1.54, 1.807) is 6.92 Å². The molecule has 0 radical (unpaired) electrons. The van der Waals surface area contributed by atoms with Gasteiger partial charge < -0.3 is 14.8 Å². The van der Waals surface area contributed by atoms with Crippen LogP contribution < -0.4 is 5.32 Å². The highest BCUT2D eigenvalue weighted by atomic mass is 16.5. The van der Waals surface area contributed by atoms with E-state index in [2.05, 4.69) is 53.8 Å². The molecular formula is C37H57NO5. The van der Waals surface area contributed by atoms with E-state index in [-0.39, 0.29) is 57.4 Å². The van der Waals surface area contributed by atoms with Crippen LogP contribution in [-0.4, -0.2) is 36.1 Å². The zero-order chi connectivity index (χ0) is 31.2. The smallest absolute Gasteiger partial charge is 0.407 e. The van der Waals surface area contributed by atoms with E-state index in [9.17, 15) is 14.4 Å². The molecule has 5 saturated carbocycles. The summed E-state index contributed by atoms with van der Waals surface area (Å²) in [4.78, 5) is 39.0. The van der Waals surface area contributed by atoms with Crippen LogP contribution in [0.3, 0.4) is 0 Å². The van der Waals surface area contributed by atoms with Gasteiger partial charge in [0.15, 0.2) is 5.78 Å². The minimum absolute atomic E-state index is 0.0204. The highest BCUT2D eigenvalue weighted by Gasteiger charge is 2.70. The Balaban J connectivity index is 1.32. The van der Waals surface area contributed by atoms with Gasteiger partial charge in [0.05, 0.1) is 12.1 Å². The number of carbonyl (C=O) groups is 3. The molecular weight excluding hydrogens is 538 g/mol. The molecule has 0 aromatic carbocycles. The van der Waals surface area contributed by atoms with Crippen molar-refractivity contribution in [1.82, 2.24) is 5.32 Å². The van der Waals surface area contributed by atoms with Crippen molar-refractivity contribution in [3.05, 3.63) is 11.1 Å². The molecule has 6 rings (SSSR count). The van der Waals surface area contributed by atoms with Gasteiger partial charge in [-0.25, -0.2) is 4.79 Å². The maximum atomic E-state index is 13.8. The van der Waals surface area contributed by atoms with Crippen LogP contribution in [0.2, 0.25) is 0 Å². The van der Waals surface area contributed by atoms with Gasteiger partial charge in [-0.15, -0.1) is 0 Å². The average Bonchev–Trinajstić information content (AvgIpc) is 3.67. The van der Waals surface area contributed by atoms with Crippen LogP contribution in [0.25, 0.3) is 0 Å². The summed E-state index contributed by atoms with van der Waals surface area (Å²) < 4.78 is 11.6. The number of allylic oxidation sites excluding steroid dienone is 1. The van der Waals surface area contributed by atoms with Gasteiger partial charge in [-0.2, -0.15) is 0 Å². The standard InChI is InChI=1S/C37H57NO5/c1-22(2)30-26(40)21-37(38-32(41)42-20-15-24-9-10-24)19-18-35(7)25(31(30)37)11-12-28-34(6)16-14-29(43-23(3)39)33(4,5)27(34)13-17-36(28,35)8/h22,24-25,27-29H,9-21H2,1-8H3,(H,38,41)/t25?,27?,28?,29-,34?,35+,36?,37?/m0/s1. The molecule has 5 fully saturated rings. The molecule has 0 spiro atoms. The molecule has 0 aromatic rings. The molecule has 6 aliphatic carbocycles. The Morgan fingerprint density at radius 1 is 0.884 bits per heavy atom. The van der Waals surface area contributed by atoms with Crippen molar-refractivity contribution in [1.29, 1.82) is 0 Å². The molecule has 240 valence electrons. The molecule has 8 atom stereocenters. The molecule has 6 unspecified atom stereocenters. The number of fused-ring (bicyclic) bond motifs is 7. The van der Waals surface area contributed by atoms with Crippen LogP contribution in [0.5, 0.6) is 0 Å². The molecule has 1 N–H and O–H groups in total. The Kier molecular flexibility index (Phi) is 7.49. The van der Waals surface area contributed by atoms with Crippen LogP contribution in [-0.2, 0) is 19.1 Å². The summed E-state index contributed by atoms with van der Waals surface area (Å²) in [5, 5.41) is 3.34. The lowest BCUT2D eigenvalue weighted by Crippen LogP contribution is -2.67. The van der Waals surface area contributed by atoms with Crippen molar-refractivity contribution in [2.45, 2.75) is 144 Å². The topological polar surface area (TPSA) is 81.7 Å². The molecule has 0 aromatic heterocycles. The minimum Gasteiger partial charge on any atom is -0.462 e. The molecule has 6 aliphatic rings. The van der Waals surface area contributed by atoms with Crippen molar-refractivity contribution in [2.75, 3.05) is 6.61 Å². The lowest BCUT2D eigenvalue weighted by atomic mass is 9.33. The highest BCUT2D eigenvalue weighted by Crippen LogP contribution is 2.75. The summed E-state index contributed by atoms with van der Waals surface area (Å²) >= 11 is 0. The van der Waals surface area contributed by atoms with E-state index in [1.165, 1.54) is 18.4 Å². The predicted octanol–water partition coefficient (Wildman–Crippen LogP) is 8.18. The number of amides is 1. The summed E-state index contributed by atoms with van der Waals surface area (Å²) in [6, 6.07) is 0. The van der Waals surface area contributed by atoms with Gasteiger partial charge in [-0.3, -0.25) is 9.59 Å². The van der Waals surface area contributed by atoms with E-state index in [0.29, 0.717) is 30.8 Å². The summed E-state index contributed by atoms with van der Waals surface area (Å²) in [6.07, 6.45) is 11.8. The van der Waals surface area contributed by atoms with Crippen molar-refractivity contribution in [3.8, 4) is 0 Å². The van der Waals surface area contributed by atoms with Crippen LogP contribution >= 0.6 is 0 Å². The summed E-state index contributed by atoms with van der Waals surface area (Å²) in [5.41, 5.74) is 1.93. The quantitative estimate of drug-likeness (QED) is 0.313. The average molecular weight is 596 g/mol. The number of hydrogen-bond acceptors (Lipinski definition) is 5. The summed E-state index contributed by atoms with van der Waals surface area (Å²) in [5.74, 6) is 2.27. The third kappa shape index (κ3) is 4.65. The fourth-order valence-electron chi connectivity index (χ4n) is 12.1. The molecule has 6 nitrogen and oxygen atoms in total. The fourth-order valence-corrected chi connectivity index (χ4v) is 12.1. The number of alkyl carbamates (subject to hydrolysis) is 1. The lowest BCUT2D eigenvalue weighted by molar-refractivity contribution is -0.231. The first-order valence-electron chi connectivity index (χ1n) is 17.5. The van der Waals surface area contributed by atoms with Crippen molar-refractivity contribution in [2.24, 2.45) is 51.2 Å². The molecule has 1 amide bonds. The first-order valence-corrected chi connectivity index (χ1v) is 17.5. The zero-order valence-electron chi connectivity index (χ0n) is 28.2. The largest absolute Gasteiger partial charge is 0.462 e. The number of ketones is 1. The van der Waals surface area contributed by atoms with Crippen LogP contribution in [0.4, 0.5) is 4.79 Å². The van der Waals surface area contributed by atoms with Crippen molar-refractivity contribution >= 4 is 17.8 Å². The third-order valence-corrected chi connectivity index (χ3v) is 14.5. The number of esters is 1. The maximum absolute atomic E-state index is 13.8. The third-order valence-electron chi connectivity index (χ3n) is 14.5. The second kappa shape index (κ2) is 10.3. The van der Waals surface area contributed by atoms with E-state index in [4.69, 9.17) is 9.47 Å². The molecule has 0 saturated heterocycles. The number of carbonyl (C=O) groups excluding carboxylic acids is 3. The number of Topliss-reactive ketones (excluding diaryl/α,β-unsaturated/α-hetero) is 1. The van der Waals surface area contributed by atoms with Gasteiger partial charge in [-0.05, 0) is 115 Å². The molecule has 0 heterocycles. The maximum Gasteiger partial charge on any atom is 0.407 e. The Hall–Kier alpha value is -1.85. The van der Waals surface area contributed by atoms with Crippen LogP contribution in [0.15, 0.2) is 11.1 Å². The summed E-state index contributed by atoms with van der Waals surface area (Å²) in [6.45, 7) is 18.7. The van der Waals surface area contributed by atoms with Crippen LogP contribution in [0.1, 0.15) is 132 Å². The molecule has 6 heteroatoms.